The first-order valence-electron chi connectivity index (χ1n) is 4.71. The number of hydrogen-bond donors (Lipinski definition) is 2. The van der Waals surface area contributed by atoms with Gasteiger partial charge in [-0.1, -0.05) is 0 Å². The van der Waals surface area contributed by atoms with Gasteiger partial charge in [-0.2, -0.15) is 12.6 Å². The molecule has 1 unspecified atom stereocenters. The Morgan fingerprint density at radius 2 is 2.14 bits per heavy atom. The standard InChI is InChI=1S/C9H19NO3S/c1-8(14)9(11)10-4-3-5-13-7-6-12-2/h8,14H,3-7H2,1-2H3,(H,10,11). The SMILES string of the molecule is COCCOCCCNC(=O)C(C)S. The van der Waals surface area contributed by atoms with E-state index in [1.807, 2.05) is 0 Å². The zero-order valence-electron chi connectivity index (χ0n) is 8.78. The van der Waals surface area contributed by atoms with Gasteiger partial charge in [0.1, 0.15) is 0 Å². The fraction of sp³-hybridized carbons (Fsp3) is 0.889. The van der Waals surface area contributed by atoms with E-state index in [2.05, 4.69) is 17.9 Å². The number of ether oxygens (including phenoxy) is 2. The van der Waals surface area contributed by atoms with Crippen LogP contribution in [0.3, 0.4) is 0 Å². The summed E-state index contributed by atoms with van der Waals surface area (Å²) < 4.78 is 10.0. The summed E-state index contributed by atoms with van der Waals surface area (Å²) in [5.41, 5.74) is 0. The van der Waals surface area contributed by atoms with E-state index in [1.165, 1.54) is 0 Å². The summed E-state index contributed by atoms with van der Waals surface area (Å²) in [5.74, 6) is -0.0368. The van der Waals surface area contributed by atoms with Gasteiger partial charge in [-0.3, -0.25) is 4.79 Å². The highest BCUT2D eigenvalue weighted by Gasteiger charge is 2.05. The zero-order valence-corrected chi connectivity index (χ0v) is 9.68. The molecule has 4 nitrogen and oxygen atoms in total. The Labute approximate surface area is 90.8 Å². The fourth-order valence-electron chi connectivity index (χ4n) is 0.778. The molecule has 0 saturated heterocycles. The van der Waals surface area contributed by atoms with Crippen molar-refractivity contribution in [3.8, 4) is 0 Å². The summed E-state index contributed by atoms with van der Waals surface area (Å²) in [4.78, 5) is 11.0. The molecule has 1 atom stereocenters. The number of methoxy groups -OCH3 is 1. The highest BCUT2D eigenvalue weighted by Crippen LogP contribution is 1.91. The third-order valence-electron chi connectivity index (χ3n) is 1.58. The lowest BCUT2D eigenvalue weighted by Gasteiger charge is -2.07. The van der Waals surface area contributed by atoms with Gasteiger partial charge in [0.15, 0.2) is 0 Å². The summed E-state index contributed by atoms with van der Waals surface area (Å²) in [6, 6.07) is 0. The summed E-state index contributed by atoms with van der Waals surface area (Å²) in [6.07, 6.45) is 0.815. The van der Waals surface area contributed by atoms with E-state index in [9.17, 15) is 4.79 Å². The topological polar surface area (TPSA) is 47.6 Å². The molecule has 0 saturated carbocycles. The summed E-state index contributed by atoms with van der Waals surface area (Å²) in [5, 5.41) is 2.50. The molecule has 1 N–H and O–H groups in total. The van der Waals surface area contributed by atoms with Crippen molar-refractivity contribution in [1.82, 2.24) is 5.32 Å². The van der Waals surface area contributed by atoms with Crippen LogP contribution in [0.15, 0.2) is 0 Å². The summed E-state index contributed by atoms with van der Waals surface area (Å²) in [6.45, 7) is 4.24. The molecule has 1 amide bonds. The second kappa shape index (κ2) is 9.30. The average Bonchev–Trinajstić information content (AvgIpc) is 2.16. The molecule has 0 radical (unpaired) electrons. The van der Waals surface area contributed by atoms with Crippen LogP contribution in [0.2, 0.25) is 0 Å². The van der Waals surface area contributed by atoms with Crippen LogP contribution >= 0.6 is 12.6 Å². The molecule has 0 heterocycles. The molecule has 0 bridgehead atoms. The number of hydrogen-bond acceptors (Lipinski definition) is 4. The van der Waals surface area contributed by atoms with Gasteiger partial charge in [-0.05, 0) is 13.3 Å². The lowest BCUT2D eigenvalue weighted by molar-refractivity contribution is -0.120. The van der Waals surface area contributed by atoms with E-state index >= 15 is 0 Å². The quantitative estimate of drug-likeness (QED) is 0.463. The van der Waals surface area contributed by atoms with E-state index < -0.39 is 0 Å². The molecule has 0 spiro atoms. The molecule has 5 heteroatoms. The highest BCUT2D eigenvalue weighted by molar-refractivity contribution is 7.81. The van der Waals surface area contributed by atoms with Gasteiger partial charge in [0.25, 0.3) is 0 Å². The van der Waals surface area contributed by atoms with Crippen LogP contribution in [0, 0.1) is 0 Å². The second-order valence-corrected chi connectivity index (χ2v) is 3.70. The second-order valence-electron chi connectivity index (χ2n) is 2.93. The molecule has 0 aromatic carbocycles. The Hall–Kier alpha value is -0.260. The van der Waals surface area contributed by atoms with E-state index in [1.54, 1.807) is 14.0 Å². The van der Waals surface area contributed by atoms with Gasteiger partial charge < -0.3 is 14.8 Å². The molecular formula is C9H19NO3S. The predicted molar refractivity (Wildman–Crippen MR) is 58.8 cm³/mol. The number of carbonyl (C=O) groups is 1. The average molecular weight is 221 g/mol. The van der Waals surface area contributed by atoms with Crippen molar-refractivity contribution < 1.29 is 14.3 Å². The maximum atomic E-state index is 11.0. The van der Waals surface area contributed by atoms with Gasteiger partial charge in [0, 0.05) is 20.3 Å². The van der Waals surface area contributed by atoms with E-state index in [-0.39, 0.29) is 11.2 Å². The van der Waals surface area contributed by atoms with Crippen LogP contribution in [-0.4, -0.2) is 44.6 Å². The molecule has 0 aromatic heterocycles. The van der Waals surface area contributed by atoms with E-state index in [4.69, 9.17) is 9.47 Å². The minimum Gasteiger partial charge on any atom is -0.382 e. The van der Waals surface area contributed by atoms with Gasteiger partial charge in [-0.15, -0.1) is 0 Å². The molecule has 14 heavy (non-hydrogen) atoms. The first kappa shape index (κ1) is 13.7. The van der Waals surface area contributed by atoms with Crippen LogP contribution in [0.25, 0.3) is 0 Å². The van der Waals surface area contributed by atoms with Crippen molar-refractivity contribution in [2.75, 3.05) is 33.5 Å². The maximum Gasteiger partial charge on any atom is 0.232 e. The van der Waals surface area contributed by atoms with Crippen LogP contribution in [0.4, 0.5) is 0 Å². The minimum atomic E-state index is -0.246. The van der Waals surface area contributed by atoms with Gasteiger partial charge >= 0.3 is 0 Å². The van der Waals surface area contributed by atoms with Crippen molar-refractivity contribution in [2.24, 2.45) is 0 Å². The lowest BCUT2D eigenvalue weighted by Crippen LogP contribution is -2.31. The highest BCUT2D eigenvalue weighted by atomic mass is 32.1. The largest absolute Gasteiger partial charge is 0.382 e. The Balaban J connectivity index is 3.10. The van der Waals surface area contributed by atoms with E-state index in [0.717, 1.165) is 6.42 Å². The number of nitrogens with one attached hydrogen (secondary N) is 1. The van der Waals surface area contributed by atoms with E-state index in [0.29, 0.717) is 26.4 Å². The third kappa shape index (κ3) is 8.34. The van der Waals surface area contributed by atoms with Crippen LogP contribution < -0.4 is 5.32 Å². The predicted octanol–water partition coefficient (Wildman–Crippen LogP) is 0.474. The molecule has 0 aliphatic heterocycles. The molecule has 0 aliphatic rings. The van der Waals surface area contributed by atoms with Crippen molar-refractivity contribution in [3.05, 3.63) is 0 Å². The number of thiol groups is 1. The zero-order chi connectivity index (χ0) is 10.8. The van der Waals surface area contributed by atoms with Gasteiger partial charge in [0.05, 0.1) is 18.5 Å². The van der Waals surface area contributed by atoms with Crippen LogP contribution in [0.5, 0.6) is 0 Å². The fourth-order valence-corrected chi connectivity index (χ4v) is 0.869. The third-order valence-corrected chi connectivity index (χ3v) is 1.81. The normalized spacial score (nSPS) is 12.5. The molecule has 0 aromatic rings. The van der Waals surface area contributed by atoms with Crippen LogP contribution in [0.1, 0.15) is 13.3 Å². The monoisotopic (exact) mass is 221 g/mol. The summed E-state index contributed by atoms with van der Waals surface area (Å²) >= 11 is 4.00. The van der Waals surface area contributed by atoms with Gasteiger partial charge in [-0.25, -0.2) is 0 Å². The van der Waals surface area contributed by atoms with Crippen molar-refractivity contribution in [2.45, 2.75) is 18.6 Å². The number of amides is 1. The Morgan fingerprint density at radius 3 is 2.71 bits per heavy atom. The Morgan fingerprint density at radius 1 is 1.43 bits per heavy atom. The lowest BCUT2D eigenvalue weighted by atomic mass is 10.4. The van der Waals surface area contributed by atoms with Crippen LogP contribution in [-0.2, 0) is 14.3 Å². The first-order chi connectivity index (χ1) is 6.68. The number of carbonyl (C=O) groups excluding carboxylic acids is 1. The Bertz CT molecular complexity index is 153. The van der Waals surface area contributed by atoms with Crippen molar-refractivity contribution >= 4 is 18.5 Å². The molecule has 0 fully saturated rings. The first-order valence-corrected chi connectivity index (χ1v) is 5.22. The molecule has 0 aliphatic carbocycles. The molecule has 84 valence electrons. The molecular weight excluding hydrogens is 202 g/mol. The van der Waals surface area contributed by atoms with Gasteiger partial charge in [0.2, 0.25) is 5.91 Å². The maximum absolute atomic E-state index is 11.0. The number of rotatable bonds is 8. The minimum absolute atomic E-state index is 0.0368. The Kier molecular flexibility index (Phi) is 9.13. The molecule has 0 rings (SSSR count). The van der Waals surface area contributed by atoms with Crippen molar-refractivity contribution in [3.63, 3.8) is 0 Å². The van der Waals surface area contributed by atoms with Crippen molar-refractivity contribution in [1.29, 1.82) is 0 Å². The smallest absolute Gasteiger partial charge is 0.232 e. The summed E-state index contributed by atoms with van der Waals surface area (Å²) in [7, 11) is 1.64.